The largest absolute Gasteiger partial charge is 0.491 e. The third-order valence-corrected chi connectivity index (χ3v) is 7.13. The summed E-state index contributed by atoms with van der Waals surface area (Å²) in [5, 5.41) is 3.77. The average Bonchev–Trinajstić information content (AvgIpc) is 3.45. The maximum atomic E-state index is 12.9. The molecule has 8 heteroatoms. The lowest BCUT2D eigenvalue weighted by molar-refractivity contribution is 0.0679. The van der Waals surface area contributed by atoms with Crippen molar-refractivity contribution in [1.82, 2.24) is 10.3 Å². The van der Waals surface area contributed by atoms with Gasteiger partial charge >= 0.3 is 0 Å². The number of hydrogen-bond acceptors (Lipinski definition) is 7. The average molecular weight is 469 g/mol. The Balaban J connectivity index is 1.52. The Kier molecular flexibility index (Phi) is 7.67. The van der Waals surface area contributed by atoms with Crippen molar-refractivity contribution in [1.29, 1.82) is 0 Å². The van der Waals surface area contributed by atoms with Crippen LogP contribution in [0.2, 0.25) is 0 Å². The number of hydrogen-bond donors (Lipinski definition) is 3. The van der Waals surface area contributed by atoms with Crippen molar-refractivity contribution < 1.29 is 14.3 Å². The van der Waals surface area contributed by atoms with Crippen molar-refractivity contribution in [3.8, 4) is 16.3 Å². The number of allylic oxidation sites excluding steroid dienone is 3. The molecule has 2 aromatic rings. The molecule has 0 radical (unpaired) electrons. The summed E-state index contributed by atoms with van der Waals surface area (Å²) in [6.45, 7) is 3.25. The number of benzene rings is 1. The van der Waals surface area contributed by atoms with E-state index in [1.54, 1.807) is 36.5 Å². The van der Waals surface area contributed by atoms with Gasteiger partial charge in [0.2, 0.25) is 0 Å². The fourth-order valence-corrected chi connectivity index (χ4v) is 4.86. The van der Waals surface area contributed by atoms with Crippen LogP contribution in [0.15, 0.2) is 47.9 Å². The molecule has 1 saturated carbocycles. The van der Waals surface area contributed by atoms with E-state index in [4.69, 9.17) is 20.9 Å². The van der Waals surface area contributed by atoms with Gasteiger partial charge in [-0.05, 0) is 68.9 Å². The van der Waals surface area contributed by atoms with E-state index in [0.29, 0.717) is 35.2 Å². The predicted octanol–water partition coefficient (Wildman–Crippen LogP) is 4.07. The second-order valence-corrected chi connectivity index (χ2v) is 9.78. The molecular formula is C25H32N4O3S. The van der Waals surface area contributed by atoms with Crippen molar-refractivity contribution in [3.05, 3.63) is 58.4 Å². The van der Waals surface area contributed by atoms with Crippen molar-refractivity contribution >= 4 is 17.2 Å². The molecule has 1 aliphatic carbocycles. The Morgan fingerprint density at radius 3 is 2.79 bits per heavy atom. The first-order valence-electron chi connectivity index (χ1n) is 11.5. The molecule has 2 heterocycles. The quantitative estimate of drug-likeness (QED) is 0.478. The Morgan fingerprint density at radius 2 is 2.09 bits per heavy atom. The van der Waals surface area contributed by atoms with E-state index in [1.807, 2.05) is 18.3 Å². The van der Waals surface area contributed by atoms with Crippen LogP contribution in [0.4, 0.5) is 0 Å². The topological polar surface area (TPSA) is 112 Å². The van der Waals surface area contributed by atoms with E-state index >= 15 is 0 Å². The minimum Gasteiger partial charge on any atom is -0.491 e. The van der Waals surface area contributed by atoms with E-state index in [0.717, 1.165) is 30.0 Å². The van der Waals surface area contributed by atoms with Gasteiger partial charge in [-0.3, -0.25) is 4.79 Å². The van der Waals surface area contributed by atoms with Gasteiger partial charge in [-0.2, -0.15) is 0 Å². The molecular weight excluding hydrogens is 436 g/mol. The Morgan fingerprint density at radius 1 is 1.24 bits per heavy atom. The number of nitrogens with one attached hydrogen (secondary N) is 1. The fraction of sp³-hybridized carbons (Fsp3) is 0.440. The molecule has 1 saturated heterocycles. The molecule has 0 spiro atoms. The van der Waals surface area contributed by atoms with Gasteiger partial charge in [0.15, 0.2) is 0 Å². The molecule has 4 rings (SSSR count). The van der Waals surface area contributed by atoms with E-state index < -0.39 is 0 Å². The van der Waals surface area contributed by atoms with Crippen LogP contribution in [0, 0.1) is 0 Å². The summed E-state index contributed by atoms with van der Waals surface area (Å²) in [4.78, 5) is 18.9. The molecule has 1 atom stereocenters. The molecule has 2 fully saturated rings. The highest BCUT2D eigenvalue weighted by Crippen LogP contribution is 2.41. The zero-order chi connectivity index (χ0) is 23.2. The van der Waals surface area contributed by atoms with E-state index in [2.05, 4.69) is 10.3 Å². The highest BCUT2D eigenvalue weighted by molar-refractivity contribution is 7.15. The standard InChI is InChI=1S/C25H32N4O3S/c1-16(26)7-8-20(27)13-28-24(30)18-10-19(25-29-14-23(33-25)17-4-2-5-17)12-22(11-18)32-15-21-6-3-9-31-21/h7-8,10-12,14,17,21H,2-6,9,13,15,26-27H2,1H3,(H,28,30)/b16-7-,20-8-/t21-/m1/s1. The number of thiazole rings is 1. The SMILES string of the molecule is C/C(N)=C/C=C(\N)CNC(=O)c1cc(OC[C@H]2CCCO2)cc(-c2ncc(C3CCC3)s2)c1. The zero-order valence-corrected chi connectivity index (χ0v) is 19.8. The van der Waals surface area contributed by atoms with Gasteiger partial charge in [-0.25, -0.2) is 4.98 Å². The van der Waals surface area contributed by atoms with Crippen LogP contribution in [-0.2, 0) is 4.74 Å². The first-order valence-corrected chi connectivity index (χ1v) is 12.3. The second kappa shape index (κ2) is 10.9. The fourth-order valence-electron chi connectivity index (χ4n) is 3.79. The Bertz CT molecular complexity index is 1030. The minimum absolute atomic E-state index is 0.0972. The van der Waals surface area contributed by atoms with E-state index in [1.165, 1.54) is 24.1 Å². The van der Waals surface area contributed by atoms with Gasteiger partial charge in [0, 0.05) is 40.2 Å². The molecule has 2 aliphatic rings. The highest BCUT2D eigenvalue weighted by atomic mass is 32.1. The molecule has 1 aromatic heterocycles. The number of ether oxygens (including phenoxy) is 2. The third-order valence-electron chi connectivity index (χ3n) is 5.92. The smallest absolute Gasteiger partial charge is 0.251 e. The number of aromatic nitrogens is 1. The summed E-state index contributed by atoms with van der Waals surface area (Å²) in [5.41, 5.74) is 14.1. The maximum Gasteiger partial charge on any atom is 0.251 e. The van der Waals surface area contributed by atoms with Crippen LogP contribution in [0.25, 0.3) is 10.6 Å². The third kappa shape index (κ3) is 6.36. The molecule has 176 valence electrons. The molecule has 0 unspecified atom stereocenters. The van der Waals surface area contributed by atoms with E-state index in [-0.39, 0.29) is 18.6 Å². The molecule has 1 aromatic carbocycles. The summed E-state index contributed by atoms with van der Waals surface area (Å²) in [6, 6.07) is 5.58. The molecule has 7 nitrogen and oxygen atoms in total. The summed E-state index contributed by atoms with van der Waals surface area (Å²) in [6.07, 6.45) is 11.3. The maximum absolute atomic E-state index is 12.9. The normalized spacial score (nSPS) is 19.4. The minimum atomic E-state index is -0.223. The zero-order valence-electron chi connectivity index (χ0n) is 19.0. The van der Waals surface area contributed by atoms with Crippen molar-refractivity contribution in [2.24, 2.45) is 11.5 Å². The Labute approximate surface area is 198 Å². The number of nitrogens with two attached hydrogens (primary N) is 2. The first-order chi connectivity index (χ1) is 16.0. The van der Waals surface area contributed by atoms with Gasteiger partial charge in [-0.1, -0.05) is 6.42 Å². The van der Waals surface area contributed by atoms with E-state index in [9.17, 15) is 4.79 Å². The van der Waals surface area contributed by atoms with Gasteiger partial charge < -0.3 is 26.3 Å². The summed E-state index contributed by atoms with van der Waals surface area (Å²) in [7, 11) is 0. The lowest BCUT2D eigenvalue weighted by atomic mass is 9.85. The van der Waals surface area contributed by atoms with Crippen LogP contribution in [0.5, 0.6) is 5.75 Å². The molecule has 33 heavy (non-hydrogen) atoms. The molecule has 1 amide bonds. The van der Waals surface area contributed by atoms with Gasteiger partial charge in [0.05, 0.1) is 12.6 Å². The van der Waals surface area contributed by atoms with Crippen LogP contribution in [0.3, 0.4) is 0 Å². The summed E-state index contributed by atoms with van der Waals surface area (Å²) >= 11 is 1.70. The molecule has 0 bridgehead atoms. The Hall–Kier alpha value is -2.84. The van der Waals surface area contributed by atoms with Gasteiger partial charge in [0.1, 0.15) is 17.4 Å². The molecule has 5 N–H and O–H groups in total. The lowest BCUT2D eigenvalue weighted by Gasteiger charge is -2.23. The summed E-state index contributed by atoms with van der Waals surface area (Å²) in [5.74, 6) is 1.04. The first kappa shape index (κ1) is 23.3. The monoisotopic (exact) mass is 468 g/mol. The van der Waals surface area contributed by atoms with Crippen LogP contribution in [-0.4, -0.2) is 36.8 Å². The number of rotatable bonds is 9. The van der Waals surface area contributed by atoms with Crippen molar-refractivity contribution in [3.63, 3.8) is 0 Å². The van der Waals surface area contributed by atoms with Gasteiger partial charge in [-0.15, -0.1) is 11.3 Å². The van der Waals surface area contributed by atoms with Gasteiger partial charge in [0.25, 0.3) is 5.91 Å². The number of amides is 1. The molecule has 1 aliphatic heterocycles. The second-order valence-electron chi connectivity index (χ2n) is 8.72. The lowest BCUT2D eigenvalue weighted by Crippen LogP contribution is -2.28. The van der Waals surface area contributed by atoms with Crippen LogP contribution < -0.4 is 21.5 Å². The predicted molar refractivity (Wildman–Crippen MR) is 131 cm³/mol. The number of carbonyl (C=O) groups is 1. The van der Waals surface area contributed by atoms with Crippen LogP contribution >= 0.6 is 11.3 Å². The number of carbonyl (C=O) groups excluding carboxylic acids is 1. The van der Waals surface area contributed by atoms with Crippen molar-refractivity contribution in [2.75, 3.05) is 19.8 Å². The van der Waals surface area contributed by atoms with Crippen molar-refractivity contribution in [2.45, 2.75) is 51.0 Å². The number of nitrogens with zero attached hydrogens (tertiary/aromatic N) is 1. The van der Waals surface area contributed by atoms with Crippen LogP contribution in [0.1, 0.15) is 60.2 Å². The highest BCUT2D eigenvalue weighted by Gasteiger charge is 2.23. The summed E-state index contributed by atoms with van der Waals surface area (Å²) < 4.78 is 11.7.